The highest BCUT2D eigenvalue weighted by atomic mass is 127. The molecule has 1 aromatic heterocycles. The second kappa shape index (κ2) is 6.00. The van der Waals surface area contributed by atoms with E-state index in [2.05, 4.69) is 66.9 Å². The Morgan fingerprint density at radius 3 is 2.69 bits per heavy atom. The van der Waals surface area contributed by atoms with Crippen molar-refractivity contribution in [2.24, 2.45) is 11.3 Å². The molecule has 3 nitrogen and oxygen atoms in total. The van der Waals surface area contributed by atoms with Crippen LogP contribution in [0.25, 0.3) is 0 Å². The van der Waals surface area contributed by atoms with Gasteiger partial charge in [0.05, 0.1) is 9.77 Å². The fourth-order valence-electron chi connectivity index (χ4n) is 1.62. The van der Waals surface area contributed by atoms with Crippen LogP contribution in [0.1, 0.15) is 27.7 Å². The smallest absolute Gasteiger partial charge is 0.0623 e. The van der Waals surface area contributed by atoms with E-state index in [1.807, 2.05) is 10.9 Å². The molecule has 0 bridgehead atoms. The van der Waals surface area contributed by atoms with Crippen LogP contribution in [-0.4, -0.2) is 22.9 Å². The van der Waals surface area contributed by atoms with Crippen molar-refractivity contribution in [3.05, 3.63) is 16.0 Å². The molecule has 0 atom stereocenters. The molecule has 1 N–H and O–H groups in total. The maximum atomic E-state index is 4.33. The number of hydrogen-bond donors (Lipinski definition) is 1. The Balaban J connectivity index is 2.39. The summed E-state index contributed by atoms with van der Waals surface area (Å²) in [6, 6.07) is 0. The molecule has 16 heavy (non-hydrogen) atoms. The van der Waals surface area contributed by atoms with E-state index >= 15 is 0 Å². The minimum Gasteiger partial charge on any atom is -0.316 e. The van der Waals surface area contributed by atoms with Crippen molar-refractivity contribution in [2.45, 2.75) is 34.2 Å². The zero-order valence-corrected chi connectivity index (χ0v) is 12.8. The van der Waals surface area contributed by atoms with E-state index in [1.54, 1.807) is 0 Å². The van der Waals surface area contributed by atoms with Gasteiger partial charge < -0.3 is 5.32 Å². The molecule has 0 unspecified atom stereocenters. The molecule has 0 aliphatic rings. The zero-order chi connectivity index (χ0) is 12.2. The molecule has 1 rings (SSSR count). The molecule has 0 aliphatic heterocycles. The first kappa shape index (κ1) is 14.0. The van der Waals surface area contributed by atoms with Gasteiger partial charge in [0.25, 0.3) is 0 Å². The first-order chi connectivity index (χ1) is 7.39. The van der Waals surface area contributed by atoms with Crippen molar-refractivity contribution in [3.63, 3.8) is 0 Å². The highest BCUT2D eigenvalue weighted by molar-refractivity contribution is 14.1. The van der Waals surface area contributed by atoms with Gasteiger partial charge >= 0.3 is 0 Å². The highest BCUT2D eigenvalue weighted by Crippen LogP contribution is 2.17. The molecular formula is C12H22IN3. The predicted molar refractivity (Wildman–Crippen MR) is 76.4 cm³/mol. The first-order valence-electron chi connectivity index (χ1n) is 5.78. The van der Waals surface area contributed by atoms with Gasteiger partial charge in [-0.15, -0.1) is 0 Å². The Hall–Kier alpha value is -0.100. The van der Waals surface area contributed by atoms with E-state index in [-0.39, 0.29) is 5.41 Å². The summed E-state index contributed by atoms with van der Waals surface area (Å²) >= 11 is 2.29. The van der Waals surface area contributed by atoms with Crippen LogP contribution >= 0.6 is 22.6 Å². The number of rotatable bonds is 6. The van der Waals surface area contributed by atoms with Crippen molar-refractivity contribution in [1.82, 2.24) is 15.1 Å². The summed E-state index contributed by atoms with van der Waals surface area (Å²) in [5.74, 6) is 0.710. The molecule has 0 saturated heterocycles. The van der Waals surface area contributed by atoms with Gasteiger partial charge in [-0.1, -0.05) is 27.7 Å². The predicted octanol–water partition coefficient (Wildman–Crippen LogP) is 2.76. The Morgan fingerprint density at radius 1 is 1.50 bits per heavy atom. The SMILES string of the molecule is CC(C)CNCC(C)(C)Cn1cc(I)cn1. The fourth-order valence-corrected chi connectivity index (χ4v) is 2.06. The molecule has 0 aromatic carbocycles. The van der Waals surface area contributed by atoms with Gasteiger partial charge in [0.15, 0.2) is 0 Å². The Bertz CT molecular complexity index is 318. The molecule has 0 spiro atoms. The summed E-state index contributed by atoms with van der Waals surface area (Å²) in [5, 5.41) is 7.83. The van der Waals surface area contributed by atoms with E-state index in [9.17, 15) is 0 Å². The summed E-state index contributed by atoms with van der Waals surface area (Å²) in [4.78, 5) is 0. The maximum absolute atomic E-state index is 4.33. The van der Waals surface area contributed by atoms with Crippen molar-refractivity contribution >= 4 is 22.6 Å². The van der Waals surface area contributed by atoms with Crippen LogP contribution in [0, 0.1) is 14.9 Å². The van der Waals surface area contributed by atoms with Gasteiger partial charge in [-0.2, -0.15) is 5.10 Å². The average Bonchev–Trinajstić information content (AvgIpc) is 2.48. The lowest BCUT2D eigenvalue weighted by molar-refractivity contribution is 0.272. The third-order valence-electron chi connectivity index (χ3n) is 2.35. The van der Waals surface area contributed by atoms with Crippen LogP contribution in [0.3, 0.4) is 0 Å². The number of aromatic nitrogens is 2. The molecular weight excluding hydrogens is 313 g/mol. The lowest BCUT2D eigenvalue weighted by Gasteiger charge is -2.25. The Labute approximate surface area is 112 Å². The third kappa shape index (κ3) is 5.30. The van der Waals surface area contributed by atoms with E-state index in [4.69, 9.17) is 0 Å². The topological polar surface area (TPSA) is 29.9 Å². The van der Waals surface area contributed by atoms with Crippen molar-refractivity contribution in [1.29, 1.82) is 0 Å². The van der Waals surface area contributed by atoms with Gasteiger partial charge in [-0.05, 0) is 40.5 Å². The van der Waals surface area contributed by atoms with Crippen LogP contribution < -0.4 is 5.32 Å². The minimum absolute atomic E-state index is 0.240. The minimum atomic E-state index is 0.240. The zero-order valence-electron chi connectivity index (χ0n) is 10.6. The summed E-state index contributed by atoms with van der Waals surface area (Å²) in [5.41, 5.74) is 0.240. The molecule has 0 saturated carbocycles. The van der Waals surface area contributed by atoms with Crippen molar-refractivity contribution in [3.8, 4) is 0 Å². The van der Waals surface area contributed by atoms with Crippen LogP contribution in [0.2, 0.25) is 0 Å². The van der Waals surface area contributed by atoms with Gasteiger partial charge in [0, 0.05) is 19.3 Å². The van der Waals surface area contributed by atoms with Crippen LogP contribution in [0.15, 0.2) is 12.4 Å². The van der Waals surface area contributed by atoms with E-state index < -0.39 is 0 Å². The number of nitrogens with one attached hydrogen (secondary N) is 1. The third-order valence-corrected chi connectivity index (χ3v) is 2.90. The van der Waals surface area contributed by atoms with Crippen LogP contribution in [0.5, 0.6) is 0 Å². The molecule has 4 heteroatoms. The second-order valence-electron chi connectivity index (χ2n) is 5.55. The van der Waals surface area contributed by atoms with E-state index in [1.165, 1.54) is 3.57 Å². The van der Waals surface area contributed by atoms with Crippen molar-refractivity contribution < 1.29 is 0 Å². The van der Waals surface area contributed by atoms with E-state index in [0.717, 1.165) is 19.6 Å². The van der Waals surface area contributed by atoms with Gasteiger partial charge in [0.1, 0.15) is 0 Å². The average molecular weight is 335 g/mol. The maximum Gasteiger partial charge on any atom is 0.0623 e. The molecule has 0 fully saturated rings. The Kier molecular flexibility index (Phi) is 5.24. The molecule has 0 radical (unpaired) electrons. The molecule has 0 aliphatic carbocycles. The number of hydrogen-bond acceptors (Lipinski definition) is 2. The molecule has 1 heterocycles. The van der Waals surface area contributed by atoms with E-state index in [0.29, 0.717) is 5.92 Å². The summed E-state index contributed by atoms with van der Waals surface area (Å²) in [7, 11) is 0. The summed E-state index contributed by atoms with van der Waals surface area (Å²) in [6.07, 6.45) is 3.99. The van der Waals surface area contributed by atoms with Gasteiger partial charge in [0.2, 0.25) is 0 Å². The van der Waals surface area contributed by atoms with Crippen molar-refractivity contribution in [2.75, 3.05) is 13.1 Å². The molecule has 0 amide bonds. The molecule has 92 valence electrons. The van der Waals surface area contributed by atoms with Crippen LogP contribution in [0.4, 0.5) is 0 Å². The quantitative estimate of drug-likeness (QED) is 0.810. The summed E-state index contributed by atoms with van der Waals surface area (Å²) in [6.45, 7) is 12.1. The first-order valence-corrected chi connectivity index (χ1v) is 6.85. The fraction of sp³-hybridized carbons (Fsp3) is 0.750. The standard InChI is InChI=1S/C12H22IN3/c1-10(2)5-14-8-12(3,4)9-16-7-11(13)6-15-16/h6-7,10,14H,5,8-9H2,1-4H3. The largest absolute Gasteiger partial charge is 0.316 e. The lowest BCUT2D eigenvalue weighted by Crippen LogP contribution is -2.34. The Morgan fingerprint density at radius 2 is 2.19 bits per heavy atom. The highest BCUT2D eigenvalue weighted by Gasteiger charge is 2.18. The normalized spacial score (nSPS) is 12.4. The monoisotopic (exact) mass is 335 g/mol. The lowest BCUT2D eigenvalue weighted by atomic mass is 9.93. The molecule has 1 aromatic rings. The summed E-state index contributed by atoms with van der Waals surface area (Å²) < 4.78 is 3.22. The van der Waals surface area contributed by atoms with Gasteiger partial charge in [-0.3, -0.25) is 4.68 Å². The van der Waals surface area contributed by atoms with Crippen LogP contribution in [-0.2, 0) is 6.54 Å². The number of halogens is 1. The van der Waals surface area contributed by atoms with Gasteiger partial charge in [-0.25, -0.2) is 0 Å². The second-order valence-corrected chi connectivity index (χ2v) is 6.79. The number of nitrogens with zero attached hydrogens (tertiary/aromatic N) is 2.